The van der Waals surface area contributed by atoms with Crippen molar-refractivity contribution in [3.63, 3.8) is 0 Å². The molecular weight excluding hydrogens is 458 g/mol. The average molecular weight is 488 g/mol. The molecule has 1 N–H and O–H groups in total. The van der Waals surface area contributed by atoms with Crippen molar-refractivity contribution in [1.82, 2.24) is 14.1 Å². The molecular formula is C21H30ClN3O6S. The van der Waals surface area contributed by atoms with Gasteiger partial charge in [-0.15, -0.1) is 0 Å². The van der Waals surface area contributed by atoms with Crippen LogP contribution in [0.5, 0.6) is 0 Å². The second-order valence-electron chi connectivity index (χ2n) is 7.53. The number of hydrogen-bond donors (Lipinski definition) is 1. The van der Waals surface area contributed by atoms with Crippen LogP contribution < -0.4 is 5.56 Å². The Morgan fingerprint density at radius 3 is 2.41 bits per heavy atom. The van der Waals surface area contributed by atoms with Crippen LogP contribution in [0.25, 0.3) is 11.0 Å². The molecule has 0 amide bonds. The summed E-state index contributed by atoms with van der Waals surface area (Å²) in [5, 5.41) is 0. The van der Waals surface area contributed by atoms with Crippen molar-refractivity contribution in [3.05, 3.63) is 27.4 Å². The van der Waals surface area contributed by atoms with Gasteiger partial charge in [0.15, 0.2) is 17.6 Å². The van der Waals surface area contributed by atoms with Gasteiger partial charge in [0.05, 0.1) is 18.2 Å². The van der Waals surface area contributed by atoms with E-state index in [0.717, 1.165) is 12.8 Å². The third kappa shape index (κ3) is 8.07. The van der Waals surface area contributed by atoms with Gasteiger partial charge in [-0.1, -0.05) is 24.4 Å². The predicted molar refractivity (Wildman–Crippen MR) is 123 cm³/mol. The fraction of sp³-hybridized carbons (Fsp3) is 0.619. The van der Waals surface area contributed by atoms with Crippen LogP contribution in [-0.2, 0) is 37.1 Å². The van der Waals surface area contributed by atoms with E-state index in [4.69, 9.17) is 33.3 Å². The van der Waals surface area contributed by atoms with E-state index in [1.54, 1.807) is 21.4 Å². The second kappa shape index (κ2) is 13.4. The van der Waals surface area contributed by atoms with Crippen LogP contribution >= 0.6 is 23.8 Å². The van der Waals surface area contributed by atoms with Crippen LogP contribution in [0.4, 0.5) is 0 Å². The Kier molecular flexibility index (Phi) is 10.9. The molecule has 178 valence electrons. The standard InChI is InChI=1S/C21H30ClN3O6S/c1-15(2)29-12-11-25-16-9-10-24(19(16)20(28)23-21(25)32)14-31-18(27)8-6-4-3-5-7-17(26)30-13-22/h9-10,15H,3-8,11-14H2,1-2H3,(H,23,28,32). The van der Waals surface area contributed by atoms with Crippen molar-refractivity contribution < 1.29 is 23.8 Å². The lowest BCUT2D eigenvalue weighted by Gasteiger charge is -2.12. The largest absolute Gasteiger partial charge is 0.449 e. The van der Waals surface area contributed by atoms with Crippen LogP contribution in [-0.4, -0.2) is 44.8 Å². The highest BCUT2D eigenvalue weighted by Crippen LogP contribution is 2.13. The Hall–Kier alpha value is -2.17. The van der Waals surface area contributed by atoms with E-state index in [1.165, 1.54) is 0 Å². The number of carbonyl (C=O) groups is 2. The maximum Gasteiger partial charge on any atom is 0.307 e. The van der Waals surface area contributed by atoms with Crippen LogP contribution in [0.1, 0.15) is 52.4 Å². The normalized spacial score (nSPS) is 11.2. The molecule has 2 aromatic heterocycles. The Morgan fingerprint density at radius 2 is 1.78 bits per heavy atom. The van der Waals surface area contributed by atoms with E-state index in [0.29, 0.717) is 48.2 Å². The van der Waals surface area contributed by atoms with Crippen molar-refractivity contribution in [2.45, 2.75) is 71.8 Å². The Labute approximate surface area is 196 Å². The summed E-state index contributed by atoms with van der Waals surface area (Å²) in [6.45, 7) is 4.80. The van der Waals surface area contributed by atoms with Gasteiger partial charge in [0, 0.05) is 25.6 Å². The van der Waals surface area contributed by atoms with Crippen LogP contribution in [0.3, 0.4) is 0 Å². The van der Waals surface area contributed by atoms with E-state index in [1.807, 2.05) is 13.8 Å². The molecule has 11 heteroatoms. The summed E-state index contributed by atoms with van der Waals surface area (Å²) in [5.74, 6) is -0.659. The summed E-state index contributed by atoms with van der Waals surface area (Å²) in [6, 6.07) is 1.65. The lowest BCUT2D eigenvalue weighted by Crippen LogP contribution is -2.20. The zero-order valence-corrected chi connectivity index (χ0v) is 20.0. The minimum absolute atomic E-state index is 0.0606. The van der Waals surface area contributed by atoms with E-state index in [2.05, 4.69) is 9.72 Å². The van der Waals surface area contributed by atoms with E-state index >= 15 is 0 Å². The second-order valence-corrected chi connectivity index (χ2v) is 8.14. The van der Waals surface area contributed by atoms with Gasteiger partial charge < -0.3 is 23.3 Å². The topological polar surface area (TPSA) is 105 Å². The first-order valence-electron chi connectivity index (χ1n) is 10.6. The summed E-state index contributed by atoms with van der Waals surface area (Å²) >= 11 is 10.6. The van der Waals surface area contributed by atoms with Gasteiger partial charge in [-0.25, -0.2) is 0 Å². The van der Waals surface area contributed by atoms with E-state index in [-0.39, 0.29) is 42.8 Å². The molecule has 0 atom stereocenters. The van der Waals surface area contributed by atoms with Gasteiger partial charge in [-0.05, 0) is 45.0 Å². The highest BCUT2D eigenvalue weighted by Gasteiger charge is 2.12. The van der Waals surface area contributed by atoms with Crippen molar-refractivity contribution in [1.29, 1.82) is 0 Å². The lowest BCUT2D eigenvalue weighted by atomic mass is 10.1. The molecule has 9 nitrogen and oxygen atoms in total. The number of ether oxygens (including phenoxy) is 3. The molecule has 0 bridgehead atoms. The number of unbranched alkanes of at least 4 members (excludes halogenated alkanes) is 3. The zero-order valence-electron chi connectivity index (χ0n) is 18.4. The van der Waals surface area contributed by atoms with Gasteiger partial charge in [0.2, 0.25) is 0 Å². The summed E-state index contributed by atoms with van der Waals surface area (Å²) in [6.07, 6.45) is 5.34. The first-order valence-corrected chi connectivity index (χ1v) is 11.6. The number of H-pyrrole nitrogens is 1. The molecule has 0 unspecified atom stereocenters. The zero-order chi connectivity index (χ0) is 23.5. The molecule has 0 aliphatic carbocycles. The molecule has 0 radical (unpaired) electrons. The summed E-state index contributed by atoms with van der Waals surface area (Å²) in [4.78, 5) is 38.4. The maximum absolute atomic E-state index is 12.5. The first kappa shape index (κ1) is 26.1. The number of fused-ring (bicyclic) bond motifs is 1. The molecule has 0 saturated carbocycles. The maximum atomic E-state index is 12.5. The number of esters is 2. The fourth-order valence-corrected chi connectivity index (χ4v) is 3.61. The molecule has 2 heterocycles. The van der Waals surface area contributed by atoms with Gasteiger partial charge in [-0.3, -0.25) is 19.4 Å². The van der Waals surface area contributed by atoms with Crippen molar-refractivity contribution in [2.75, 3.05) is 12.7 Å². The fourth-order valence-electron chi connectivity index (χ4n) is 3.21. The van der Waals surface area contributed by atoms with Gasteiger partial charge in [0.25, 0.3) is 5.56 Å². The minimum atomic E-state index is -0.345. The molecule has 32 heavy (non-hydrogen) atoms. The quantitative estimate of drug-likeness (QED) is 0.187. The Bertz CT molecular complexity index is 1010. The number of alkyl halides is 1. The molecule has 0 fully saturated rings. The summed E-state index contributed by atoms with van der Waals surface area (Å²) in [5.41, 5.74) is 0.717. The van der Waals surface area contributed by atoms with E-state index < -0.39 is 0 Å². The molecule has 0 aliphatic heterocycles. The average Bonchev–Trinajstić information content (AvgIpc) is 3.16. The molecule has 2 aromatic rings. The SMILES string of the molecule is CC(C)OCCn1c(=S)[nH]c(=O)c2c1ccn2COC(=O)CCCCCCC(=O)OCCl. The number of nitrogens with one attached hydrogen (secondary N) is 1. The predicted octanol–water partition coefficient (Wildman–Crippen LogP) is 3.87. The number of rotatable bonds is 14. The molecule has 2 rings (SSSR count). The number of aromatic amines is 1. The minimum Gasteiger partial charge on any atom is -0.449 e. The van der Waals surface area contributed by atoms with Gasteiger partial charge in [0.1, 0.15) is 5.52 Å². The number of carbonyl (C=O) groups excluding carboxylic acids is 2. The molecule has 0 aliphatic rings. The van der Waals surface area contributed by atoms with Gasteiger partial charge >= 0.3 is 11.9 Å². The summed E-state index contributed by atoms with van der Waals surface area (Å²) < 4.78 is 19.3. The van der Waals surface area contributed by atoms with Crippen molar-refractivity contribution in [2.24, 2.45) is 0 Å². The van der Waals surface area contributed by atoms with Crippen LogP contribution in [0, 0.1) is 4.77 Å². The number of hydrogen-bond acceptors (Lipinski definition) is 7. The highest BCUT2D eigenvalue weighted by atomic mass is 35.5. The lowest BCUT2D eigenvalue weighted by molar-refractivity contribution is -0.147. The third-order valence-electron chi connectivity index (χ3n) is 4.77. The smallest absolute Gasteiger partial charge is 0.307 e. The third-order valence-corrected chi connectivity index (χ3v) is 5.20. The molecule has 0 spiro atoms. The van der Waals surface area contributed by atoms with Crippen molar-refractivity contribution >= 4 is 46.8 Å². The number of nitrogens with zero attached hydrogens (tertiary/aromatic N) is 2. The van der Waals surface area contributed by atoms with E-state index in [9.17, 15) is 14.4 Å². The van der Waals surface area contributed by atoms with Crippen LogP contribution in [0.15, 0.2) is 17.1 Å². The Balaban J connectivity index is 1.85. The Morgan fingerprint density at radius 1 is 1.12 bits per heavy atom. The molecule has 0 saturated heterocycles. The number of halogens is 1. The summed E-state index contributed by atoms with van der Waals surface area (Å²) in [7, 11) is 0. The highest BCUT2D eigenvalue weighted by molar-refractivity contribution is 7.71. The first-order chi connectivity index (χ1) is 15.3. The van der Waals surface area contributed by atoms with Gasteiger partial charge in [-0.2, -0.15) is 0 Å². The van der Waals surface area contributed by atoms with Crippen molar-refractivity contribution in [3.8, 4) is 0 Å². The monoisotopic (exact) mass is 487 g/mol. The van der Waals surface area contributed by atoms with Crippen LogP contribution in [0.2, 0.25) is 0 Å². The number of aromatic nitrogens is 3. The molecule has 0 aromatic carbocycles.